The van der Waals surface area contributed by atoms with Gasteiger partial charge in [-0.25, -0.2) is 13.4 Å². The molecule has 9 heteroatoms. The molecule has 3 rings (SSSR count). The largest absolute Gasteiger partial charge is 0.495 e. The van der Waals surface area contributed by atoms with Gasteiger partial charge in [0.1, 0.15) is 10.6 Å². The van der Waals surface area contributed by atoms with Crippen LogP contribution in [0.4, 0.5) is 5.69 Å². The first-order chi connectivity index (χ1) is 12.4. The fourth-order valence-corrected chi connectivity index (χ4v) is 4.99. The summed E-state index contributed by atoms with van der Waals surface area (Å²) in [4.78, 5) is 5.08. The number of aryl methyl sites for hydroxylation is 1. The Morgan fingerprint density at radius 1 is 1.23 bits per heavy atom. The van der Waals surface area contributed by atoms with Gasteiger partial charge in [-0.2, -0.15) is 0 Å². The maximum atomic E-state index is 12.9. The van der Waals surface area contributed by atoms with Crippen molar-refractivity contribution < 1.29 is 13.2 Å². The van der Waals surface area contributed by atoms with E-state index in [0.717, 1.165) is 10.1 Å². The van der Waals surface area contributed by atoms with Crippen LogP contribution in [0.2, 0.25) is 0 Å². The quantitative estimate of drug-likeness (QED) is 0.606. The first kappa shape index (κ1) is 18.8. The van der Waals surface area contributed by atoms with Crippen LogP contribution in [0.15, 0.2) is 74.3 Å². The van der Waals surface area contributed by atoms with Gasteiger partial charge in [-0.1, -0.05) is 28.1 Å². The number of nitrogens with zero attached hydrogens (tertiary/aromatic N) is 2. The van der Waals surface area contributed by atoms with Crippen molar-refractivity contribution in [3.63, 3.8) is 0 Å². The van der Waals surface area contributed by atoms with Crippen molar-refractivity contribution in [3.8, 4) is 5.75 Å². The molecule has 0 radical (unpaired) electrons. The highest BCUT2D eigenvalue weighted by atomic mass is 79.9. The number of anilines is 1. The fourth-order valence-electron chi connectivity index (χ4n) is 2.25. The van der Waals surface area contributed by atoms with Gasteiger partial charge in [0.2, 0.25) is 0 Å². The molecule has 0 spiro atoms. The zero-order valence-electron chi connectivity index (χ0n) is 14.0. The van der Waals surface area contributed by atoms with E-state index in [2.05, 4.69) is 25.6 Å². The summed E-state index contributed by atoms with van der Waals surface area (Å²) in [6.07, 6.45) is 3.53. The third kappa shape index (κ3) is 4.05. The molecular formula is C17H16BrN3O3S2. The standard InChI is InChI=1S/C17H16BrN3O3S2/c1-21-10-9-19-17(21)25-15-6-4-3-5-13(15)20-26(22,23)16-11-12(18)7-8-14(16)24-2/h3-11,20H,1-2H3. The molecule has 0 aliphatic heterocycles. The van der Waals surface area contributed by atoms with E-state index in [4.69, 9.17) is 4.74 Å². The molecule has 136 valence electrons. The molecule has 0 unspecified atom stereocenters. The minimum Gasteiger partial charge on any atom is -0.495 e. The van der Waals surface area contributed by atoms with Crippen LogP contribution in [0.1, 0.15) is 0 Å². The maximum absolute atomic E-state index is 12.9. The summed E-state index contributed by atoms with van der Waals surface area (Å²) in [5, 5.41) is 0.761. The van der Waals surface area contributed by atoms with E-state index < -0.39 is 10.0 Å². The third-order valence-corrected chi connectivity index (χ3v) is 6.56. The molecule has 6 nitrogen and oxygen atoms in total. The molecule has 26 heavy (non-hydrogen) atoms. The first-order valence-electron chi connectivity index (χ1n) is 7.51. The molecule has 1 N–H and O–H groups in total. The van der Waals surface area contributed by atoms with Crippen LogP contribution in [0.3, 0.4) is 0 Å². The van der Waals surface area contributed by atoms with Crippen LogP contribution in [0.25, 0.3) is 0 Å². The molecule has 1 heterocycles. The lowest BCUT2D eigenvalue weighted by molar-refractivity contribution is 0.403. The molecular weight excluding hydrogens is 438 g/mol. The monoisotopic (exact) mass is 453 g/mol. The number of hydrogen-bond acceptors (Lipinski definition) is 5. The van der Waals surface area contributed by atoms with Crippen molar-refractivity contribution in [2.75, 3.05) is 11.8 Å². The number of aromatic nitrogens is 2. The molecule has 0 atom stereocenters. The molecule has 1 aromatic heterocycles. The first-order valence-corrected chi connectivity index (χ1v) is 10.6. The normalized spacial score (nSPS) is 11.3. The minimum absolute atomic E-state index is 0.0613. The summed E-state index contributed by atoms with van der Waals surface area (Å²) in [5.74, 6) is 0.273. The molecule has 0 fully saturated rings. The summed E-state index contributed by atoms with van der Waals surface area (Å²) < 4.78 is 36.2. The number of halogens is 1. The number of benzene rings is 2. The van der Waals surface area contributed by atoms with Crippen LogP contribution in [-0.4, -0.2) is 25.1 Å². The Morgan fingerprint density at radius 3 is 2.69 bits per heavy atom. The zero-order valence-corrected chi connectivity index (χ0v) is 17.2. The molecule has 0 aliphatic rings. The number of para-hydroxylation sites is 1. The molecule has 0 saturated carbocycles. The van der Waals surface area contributed by atoms with Gasteiger partial charge in [0.05, 0.1) is 12.8 Å². The van der Waals surface area contributed by atoms with E-state index in [1.807, 2.05) is 29.9 Å². The summed E-state index contributed by atoms with van der Waals surface area (Å²) in [5.41, 5.74) is 0.475. The molecule has 0 bridgehead atoms. The predicted octanol–water partition coefficient (Wildman–Crippen LogP) is 4.14. The van der Waals surface area contributed by atoms with Gasteiger partial charge < -0.3 is 9.30 Å². The van der Waals surface area contributed by atoms with Crippen molar-refractivity contribution in [1.29, 1.82) is 0 Å². The smallest absolute Gasteiger partial charge is 0.265 e. The van der Waals surface area contributed by atoms with Crippen LogP contribution in [0, 0.1) is 0 Å². The number of nitrogens with one attached hydrogen (secondary N) is 1. The summed E-state index contributed by atoms with van der Waals surface area (Å²) in [6, 6.07) is 12.0. The van der Waals surface area contributed by atoms with Gasteiger partial charge >= 0.3 is 0 Å². The fraction of sp³-hybridized carbons (Fsp3) is 0.118. The van der Waals surface area contributed by atoms with Crippen LogP contribution in [-0.2, 0) is 17.1 Å². The van der Waals surface area contributed by atoms with Crippen molar-refractivity contribution >= 4 is 43.4 Å². The van der Waals surface area contributed by atoms with Gasteiger partial charge in [0.25, 0.3) is 10.0 Å². The Bertz CT molecular complexity index is 1040. The lowest BCUT2D eigenvalue weighted by atomic mass is 10.3. The highest BCUT2D eigenvalue weighted by molar-refractivity contribution is 9.10. The molecule has 0 amide bonds. The number of methoxy groups -OCH3 is 1. The summed E-state index contributed by atoms with van der Waals surface area (Å²) in [7, 11) is -0.515. The Labute approximate surface area is 164 Å². The zero-order chi connectivity index (χ0) is 18.7. The van der Waals surface area contributed by atoms with Crippen LogP contribution < -0.4 is 9.46 Å². The molecule has 3 aromatic rings. The number of hydrogen-bond donors (Lipinski definition) is 1. The van der Waals surface area contributed by atoms with Gasteiger partial charge in [-0.3, -0.25) is 4.72 Å². The van der Waals surface area contributed by atoms with Crippen LogP contribution >= 0.6 is 27.7 Å². The maximum Gasteiger partial charge on any atom is 0.265 e. The number of imidazole rings is 1. The Balaban J connectivity index is 1.96. The van der Waals surface area contributed by atoms with E-state index in [1.54, 1.807) is 30.5 Å². The van der Waals surface area contributed by atoms with Crippen LogP contribution in [0.5, 0.6) is 5.75 Å². The van der Waals surface area contributed by atoms with Crippen molar-refractivity contribution in [1.82, 2.24) is 9.55 Å². The molecule has 0 saturated heterocycles. The average molecular weight is 454 g/mol. The number of sulfonamides is 1. The Kier molecular flexibility index (Phi) is 5.59. The highest BCUT2D eigenvalue weighted by Gasteiger charge is 2.21. The van der Waals surface area contributed by atoms with E-state index in [0.29, 0.717) is 10.2 Å². The van der Waals surface area contributed by atoms with Gasteiger partial charge in [-0.05, 0) is 42.1 Å². The number of ether oxygens (including phenoxy) is 1. The Morgan fingerprint density at radius 2 is 2.00 bits per heavy atom. The van der Waals surface area contributed by atoms with Gasteiger partial charge in [-0.15, -0.1) is 0 Å². The summed E-state index contributed by atoms with van der Waals surface area (Å²) in [6.45, 7) is 0. The van der Waals surface area contributed by atoms with Gasteiger partial charge in [0, 0.05) is 28.8 Å². The van der Waals surface area contributed by atoms with E-state index in [1.165, 1.54) is 24.9 Å². The second-order valence-corrected chi connectivity index (χ2v) is 8.90. The highest BCUT2D eigenvalue weighted by Crippen LogP contribution is 2.35. The lowest BCUT2D eigenvalue weighted by Gasteiger charge is -2.14. The van der Waals surface area contributed by atoms with E-state index in [-0.39, 0.29) is 10.6 Å². The molecule has 2 aromatic carbocycles. The van der Waals surface area contributed by atoms with E-state index in [9.17, 15) is 8.42 Å². The van der Waals surface area contributed by atoms with Crippen molar-refractivity contribution in [2.45, 2.75) is 14.9 Å². The average Bonchev–Trinajstić information content (AvgIpc) is 3.01. The second-order valence-electron chi connectivity index (χ2n) is 5.32. The topological polar surface area (TPSA) is 73.2 Å². The predicted molar refractivity (Wildman–Crippen MR) is 105 cm³/mol. The minimum atomic E-state index is -3.84. The number of rotatable bonds is 6. The molecule has 0 aliphatic carbocycles. The lowest BCUT2D eigenvalue weighted by Crippen LogP contribution is -2.14. The van der Waals surface area contributed by atoms with Crippen molar-refractivity contribution in [3.05, 3.63) is 59.3 Å². The SMILES string of the molecule is COc1ccc(Br)cc1S(=O)(=O)Nc1ccccc1Sc1nccn1C. The van der Waals surface area contributed by atoms with Crippen molar-refractivity contribution in [2.24, 2.45) is 7.05 Å². The van der Waals surface area contributed by atoms with Gasteiger partial charge in [0.15, 0.2) is 5.16 Å². The summed E-state index contributed by atoms with van der Waals surface area (Å²) >= 11 is 4.68. The van der Waals surface area contributed by atoms with E-state index >= 15 is 0 Å². The Hall–Kier alpha value is -1.97. The second kappa shape index (κ2) is 7.73. The third-order valence-electron chi connectivity index (χ3n) is 3.52.